The van der Waals surface area contributed by atoms with Crippen LogP contribution in [-0.2, 0) is 24.4 Å². The van der Waals surface area contributed by atoms with Gasteiger partial charge in [-0.15, -0.1) is 11.3 Å². The number of rotatable bonds is 8. The largest absolute Gasteiger partial charge is 0.350 e. The van der Waals surface area contributed by atoms with Gasteiger partial charge < -0.3 is 5.32 Å². The fourth-order valence-corrected chi connectivity index (χ4v) is 4.19. The molecule has 1 N–H and O–H groups in total. The third-order valence-corrected chi connectivity index (χ3v) is 5.75. The minimum absolute atomic E-state index is 0.0623. The summed E-state index contributed by atoms with van der Waals surface area (Å²) in [6.45, 7) is 3.44. The Hall–Kier alpha value is -3.26. The summed E-state index contributed by atoms with van der Waals surface area (Å²) in [7, 11) is 0. The quantitative estimate of drug-likeness (QED) is 0.473. The maximum Gasteiger partial charge on any atom is 0.329 e. The summed E-state index contributed by atoms with van der Waals surface area (Å²) >= 11 is 1.51. The number of carbonyl (C=O) groups is 1. The molecule has 4 aromatic rings. The van der Waals surface area contributed by atoms with Crippen LogP contribution in [0.4, 0.5) is 0 Å². The van der Waals surface area contributed by atoms with Crippen molar-refractivity contribution in [3.05, 3.63) is 69.7 Å². The summed E-state index contributed by atoms with van der Waals surface area (Å²) in [5.41, 5.74) is 3.60. The number of nitrogens with one attached hydrogen (secondary N) is 1. The number of hydrogen-bond donors (Lipinski definition) is 1. The fourth-order valence-electron chi connectivity index (χ4n) is 3.45. The van der Waals surface area contributed by atoms with Gasteiger partial charge in [0.2, 0.25) is 5.91 Å². The van der Waals surface area contributed by atoms with Crippen molar-refractivity contribution in [2.45, 2.75) is 39.4 Å². The average molecular weight is 422 g/mol. The van der Waals surface area contributed by atoms with Crippen molar-refractivity contribution < 1.29 is 4.79 Å². The van der Waals surface area contributed by atoms with Gasteiger partial charge in [-0.05, 0) is 30.7 Å². The molecule has 4 rings (SSSR count). The van der Waals surface area contributed by atoms with E-state index in [0.717, 1.165) is 33.7 Å². The first-order valence-corrected chi connectivity index (χ1v) is 10.8. The highest BCUT2D eigenvalue weighted by atomic mass is 32.1. The molecular weight excluding hydrogens is 398 g/mol. The zero-order valence-corrected chi connectivity index (χ0v) is 17.6. The summed E-state index contributed by atoms with van der Waals surface area (Å²) in [6, 6.07) is 11.5. The van der Waals surface area contributed by atoms with Gasteiger partial charge in [0, 0.05) is 42.8 Å². The Bertz CT molecular complexity index is 1210. The van der Waals surface area contributed by atoms with Gasteiger partial charge in [0.05, 0.1) is 23.3 Å². The first-order chi connectivity index (χ1) is 14.7. The van der Waals surface area contributed by atoms with E-state index >= 15 is 0 Å². The molecule has 8 heteroatoms. The Morgan fingerprint density at radius 1 is 1.07 bits per heavy atom. The Morgan fingerprint density at radius 3 is 2.47 bits per heavy atom. The van der Waals surface area contributed by atoms with E-state index in [2.05, 4.69) is 15.3 Å². The molecule has 0 aliphatic carbocycles. The van der Waals surface area contributed by atoms with Gasteiger partial charge in [-0.3, -0.25) is 18.9 Å². The smallest absolute Gasteiger partial charge is 0.329 e. The number of imidazole rings is 1. The van der Waals surface area contributed by atoms with Crippen LogP contribution < -0.4 is 11.0 Å². The zero-order valence-electron chi connectivity index (χ0n) is 16.7. The molecule has 3 heterocycles. The van der Waals surface area contributed by atoms with E-state index in [9.17, 15) is 9.59 Å². The minimum Gasteiger partial charge on any atom is -0.350 e. The predicted molar refractivity (Wildman–Crippen MR) is 118 cm³/mol. The fraction of sp³-hybridized carbons (Fsp3) is 0.273. The highest BCUT2D eigenvalue weighted by Crippen LogP contribution is 2.21. The van der Waals surface area contributed by atoms with Crippen LogP contribution in [0.25, 0.3) is 22.3 Å². The lowest BCUT2D eigenvalue weighted by atomic mass is 10.2. The van der Waals surface area contributed by atoms with E-state index in [1.165, 1.54) is 11.3 Å². The van der Waals surface area contributed by atoms with Gasteiger partial charge in [-0.1, -0.05) is 19.1 Å². The molecule has 1 amide bonds. The first kappa shape index (κ1) is 20.0. The normalized spacial score (nSPS) is 11.1. The maximum absolute atomic E-state index is 12.8. The van der Waals surface area contributed by atoms with Crippen LogP contribution in [0, 0.1) is 0 Å². The van der Waals surface area contributed by atoms with Crippen molar-refractivity contribution in [1.29, 1.82) is 0 Å². The second kappa shape index (κ2) is 9.04. The zero-order chi connectivity index (χ0) is 20.9. The molecule has 0 unspecified atom stereocenters. The van der Waals surface area contributed by atoms with Crippen molar-refractivity contribution >= 4 is 28.3 Å². The third-order valence-electron chi connectivity index (χ3n) is 4.90. The van der Waals surface area contributed by atoms with Crippen LogP contribution in [-0.4, -0.2) is 25.0 Å². The van der Waals surface area contributed by atoms with E-state index in [1.54, 1.807) is 21.5 Å². The summed E-state index contributed by atoms with van der Waals surface area (Å²) < 4.78 is 3.47. The van der Waals surface area contributed by atoms with Crippen LogP contribution >= 0.6 is 11.3 Å². The predicted octanol–water partition coefficient (Wildman–Crippen LogP) is 3.44. The molecule has 7 nitrogen and oxygen atoms in total. The molecule has 0 aliphatic rings. The van der Waals surface area contributed by atoms with Gasteiger partial charge in [0.1, 0.15) is 5.01 Å². The third kappa shape index (κ3) is 4.18. The molecule has 30 heavy (non-hydrogen) atoms. The van der Waals surface area contributed by atoms with Crippen molar-refractivity contribution in [3.63, 3.8) is 0 Å². The second-order valence-corrected chi connectivity index (χ2v) is 7.91. The summed E-state index contributed by atoms with van der Waals surface area (Å²) in [6.07, 6.45) is 4.58. The molecule has 0 saturated carbocycles. The summed E-state index contributed by atoms with van der Waals surface area (Å²) in [4.78, 5) is 33.8. The Labute approximate surface area is 178 Å². The van der Waals surface area contributed by atoms with Gasteiger partial charge in [-0.2, -0.15) is 0 Å². The van der Waals surface area contributed by atoms with Crippen LogP contribution in [0.15, 0.2) is 59.0 Å². The Kier molecular flexibility index (Phi) is 6.04. The number of hydrogen-bond acceptors (Lipinski definition) is 5. The molecule has 3 aromatic heterocycles. The van der Waals surface area contributed by atoms with Gasteiger partial charge in [0.15, 0.2) is 0 Å². The standard InChI is InChI=1S/C22H23N5O2S/c1-2-12-26-18-5-3-4-6-19(18)27(22(26)29)13-9-20(28)24-14-21-25-17(15-30-21)16-7-10-23-11-8-16/h3-8,10-11,15H,2,9,12-14H2,1H3,(H,24,28). The van der Waals surface area contributed by atoms with Crippen molar-refractivity contribution in [2.75, 3.05) is 0 Å². The number of amides is 1. The Balaban J connectivity index is 1.39. The number of aryl methyl sites for hydroxylation is 2. The number of benzene rings is 1. The lowest BCUT2D eigenvalue weighted by Gasteiger charge is -2.05. The van der Waals surface area contributed by atoms with Crippen LogP contribution in [0.1, 0.15) is 24.8 Å². The van der Waals surface area contributed by atoms with E-state index in [0.29, 0.717) is 19.6 Å². The number of aromatic nitrogens is 4. The van der Waals surface area contributed by atoms with E-state index in [4.69, 9.17) is 0 Å². The minimum atomic E-state index is -0.102. The molecule has 0 saturated heterocycles. The van der Waals surface area contributed by atoms with Gasteiger partial charge >= 0.3 is 5.69 Å². The van der Waals surface area contributed by atoms with Crippen molar-refractivity contribution in [3.8, 4) is 11.3 Å². The number of para-hydroxylation sites is 2. The SMILES string of the molecule is CCCn1c(=O)n(CCC(=O)NCc2nc(-c3ccncc3)cs2)c2ccccc21. The monoisotopic (exact) mass is 421 g/mol. The number of thiazole rings is 1. The number of fused-ring (bicyclic) bond motifs is 1. The van der Waals surface area contributed by atoms with Crippen molar-refractivity contribution in [1.82, 2.24) is 24.4 Å². The van der Waals surface area contributed by atoms with Gasteiger partial charge in [-0.25, -0.2) is 9.78 Å². The van der Waals surface area contributed by atoms with Crippen LogP contribution in [0.5, 0.6) is 0 Å². The summed E-state index contributed by atoms with van der Waals surface area (Å²) in [5.74, 6) is -0.102. The number of pyridine rings is 1. The van der Waals surface area contributed by atoms with Crippen molar-refractivity contribution in [2.24, 2.45) is 0 Å². The highest BCUT2D eigenvalue weighted by molar-refractivity contribution is 7.09. The first-order valence-electron chi connectivity index (χ1n) is 9.97. The molecule has 0 radical (unpaired) electrons. The molecule has 154 valence electrons. The average Bonchev–Trinajstić information content (AvgIpc) is 3.35. The van der Waals surface area contributed by atoms with E-state index < -0.39 is 0 Å². The molecular formula is C22H23N5O2S. The van der Waals surface area contributed by atoms with Crippen LogP contribution in [0.2, 0.25) is 0 Å². The van der Waals surface area contributed by atoms with Crippen LogP contribution in [0.3, 0.4) is 0 Å². The maximum atomic E-state index is 12.8. The molecule has 1 aromatic carbocycles. The molecule has 0 atom stereocenters. The molecule has 0 bridgehead atoms. The molecule has 0 aliphatic heterocycles. The lowest BCUT2D eigenvalue weighted by Crippen LogP contribution is -2.28. The Morgan fingerprint density at radius 2 is 1.77 bits per heavy atom. The van der Waals surface area contributed by atoms with E-state index in [1.807, 2.05) is 48.7 Å². The second-order valence-electron chi connectivity index (χ2n) is 6.96. The molecule has 0 fully saturated rings. The highest BCUT2D eigenvalue weighted by Gasteiger charge is 2.13. The summed E-state index contributed by atoms with van der Waals surface area (Å²) in [5, 5.41) is 5.72. The topological polar surface area (TPSA) is 81.8 Å². The molecule has 0 spiro atoms. The lowest BCUT2D eigenvalue weighted by molar-refractivity contribution is -0.121. The van der Waals surface area contributed by atoms with Gasteiger partial charge in [0.25, 0.3) is 0 Å². The van der Waals surface area contributed by atoms with E-state index in [-0.39, 0.29) is 18.0 Å². The number of nitrogens with zero attached hydrogens (tertiary/aromatic N) is 4. The number of carbonyl (C=O) groups excluding carboxylic acids is 1.